The first-order valence-electron chi connectivity index (χ1n) is 3.04. The second-order valence-corrected chi connectivity index (χ2v) is 2.14. The lowest BCUT2D eigenvalue weighted by molar-refractivity contribution is 0.100. The van der Waals surface area contributed by atoms with Crippen molar-refractivity contribution >= 4 is 5.78 Å². The van der Waals surface area contributed by atoms with Gasteiger partial charge in [-0.2, -0.15) is 4.39 Å². The van der Waals surface area contributed by atoms with Crippen LogP contribution in [0, 0.1) is 17.6 Å². The van der Waals surface area contributed by atoms with Gasteiger partial charge in [-0.1, -0.05) is 0 Å². The number of hydrogen-bond acceptors (Lipinski definition) is 2. The summed E-state index contributed by atoms with van der Waals surface area (Å²) in [7, 11) is 0. The van der Waals surface area contributed by atoms with Gasteiger partial charge in [-0.15, -0.1) is 0 Å². The molecule has 1 aromatic rings. The Bertz CT molecular complexity index is 338. The van der Waals surface area contributed by atoms with Crippen molar-refractivity contribution in [2.24, 2.45) is 0 Å². The molecule has 0 aromatic carbocycles. The zero-order valence-corrected chi connectivity index (χ0v) is 6.07. The second kappa shape index (κ2) is 2.92. The SMILES string of the molecule is CC(=O)c1c(F)cnc(F)c1F. The van der Waals surface area contributed by atoms with Gasteiger partial charge in [0.2, 0.25) is 5.95 Å². The number of aromatic nitrogens is 1. The molecule has 5 heteroatoms. The number of nitrogens with zero attached hydrogens (tertiary/aromatic N) is 1. The molecule has 1 heterocycles. The Labute approximate surface area is 66.0 Å². The summed E-state index contributed by atoms with van der Waals surface area (Å²) in [6.07, 6.45) is 0.467. The molecule has 0 amide bonds. The van der Waals surface area contributed by atoms with Crippen LogP contribution in [0.15, 0.2) is 6.20 Å². The van der Waals surface area contributed by atoms with E-state index in [1.807, 2.05) is 0 Å². The largest absolute Gasteiger partial charge is 0.294 e. The third kappa shape index (κ3) is 1.30. The number of rotatable bonds is 1. The summed E-state index contributed by atoms with van der Waals surface area (Å²) >= 11 is 0. The van der Waals surface area contributed by atoms with E-state index in [0.717, 1.165) is 6.92 Å². The molecule has 64 valence electrons. The molecule has 0 fully saturated rings. The van der Waals surface area contributed by atoms with E-state index in [-0.39, 0.29) is 0 Å². The number of Topliss-reactive ketones (excluding diaryl/α,β-unsaturated/α-hetero) is 1. The maximum atomic E-state index is 12.6. The Hall–Kier alpha value is -1.39. The van der Waals surface area contributed by atoms with Crippen LogP contribution in [0.2, 0.25) is 0 Å². The summed E-state index contributed by atoms with van der Waals surface area (Å²) < 4.78 is 37.5. The van der Waals surface area contributed by atoms with Crippen molar-refractivity contribution < 1.29 is 18.0 Å². The van der Waals surface area contributed by atoms with Gasteiger partial charge in [0.05, 0.1) is 11.8 Å². The first-order chi connectivity index (χ1) is 5.54. The van der Waals surface area contributed by atoms with Crippen LogP contribution in [0.5, 0.6) is 0 Å². The normalized spacial score (nSPS) is 10.0. The van der Waals surface area contributed by atoms with Gasteiger partial charge >= 0.3 is 0 Å². The fourth-order valence-corrected chi connectivity index (χ4v) is 0.765. The molecule has 0 aliphatic rings. The van der Waals surface area contributed by atoms with Crippen LogP contribution in [-0.2, 0) is 0 Å². The highest BCUT2D eigenvalue weighted by Crippen LogP contribution is 2.13. The first kappa shape index (κ1) is 8.70. The zero-order valence-electron chi connectivity index (χ0n) is 6.07. The second-order valence-electron chi connectivity index (χ2n) is 2.14. The maximum absolute atomic E-state index is 12.6. The number of ketones is 1. The number of halogens is 3. The van der Waals surface area contributed by atoms with Gasteiger partial charge < -0.3 is 0 Å². The average molecular weight is 175 g/mol. The number of pyridine rings is 1. The molecule has 0 N–H and O–H groups in total. The third-order valence-electron chi connectivity index (χ3n) is 1.28. The van der Waals surface area contributed by atoms with Crippen LogP contribution in [0.1, 0.15) is 17.3 Å². The molecule has 0 saturated heterocycles. The van der Waals surface area contributed by atoms with Crippen LogP contribution >= 0.6 is 0 Å². The molecule has 1 aromatic heterocycles. The lowest BCUT2D eigenvalue weighted by Crippen LogP contribution is -2.05. The fraction of sp³-hybridized carbons (Fsp3) is 0.143. The molecule has 0 aliphatic heterocycles. The average Bonchev–Trinajstić information content (AvgIpc) is 1.97. The number of hydrogen-bond donors (Lipinski definition) is 0. The van der Waals surface area contributed by atoms with Crippen molar-refractivity contribution in [3.8, 4) is 0 Å². The van der Waals surface area contributed by atoms with Crippen LogP contribution in [0.25, 0.3) is 0 Å². The van der Waals surface area contributed by atoms with Gasteiger partial charge in [-0.3, -0.25) is 4.79 Å². The highest BCUT2D eigenvalue weighted by Gasteiger charge is 2.18. The molecular formula is C7H4F3NO. The van der Waals surface area contributed by atoms with Gasteiger partial charge in [0.15, 0.2) is 17.4 Å². The van der Waals surface area contributed by atoms with Crippen molar-refractivity contribution in [3.05, 3.63) is 29.3 Å². The van der Waals surface area contributed by atoms with E-state index in [4.69, 9.17) is 0 Å². The van der Waals surface area contributed by atoms with Crippen LogP contribution in [-0.4, -0.2) is 10.8 Å². The van der Waals surface area contributed by atoms with E-state index in [0.29, 0.717) is 6.20 Å². The Morgan fingerprint density at radius 3 is 2.42 bits per heavy atom. The molecule has 0 unspecified atom stereocenters. The van der Waals surface area contributed by atoms with E-state index in [2.05, 4.69) is 4.98 Å². The van der Waals surface area contributed by atoms with Gasteiger partial charge in [0, 0.05) is 0 Å². The topological polar surface area (TPSA) is 30.0 Å². The van der Waals surface area contributed by atoms with Crippen LogP contribution in [0.4, 0.5) is 13.2 Å². The van der Waals surface area contributed by atoms with Crippen molar-refractivity contribution in [1.29, 1.82) is 0 Å². The first-order valence-corrected chi connectivity index (χ1v) is 3.04. The van der Waals surface area contributed by atoms with Gasteiger partial charge in [0.1, 0.15) is 0 Å². The summed E-state index contributed by atoms with van der Waals surface area (Å²) in [5.74, 6) is -5.03. The molecule has 2 nitrogen and oxygen atoms in total. The predicted octanol–water partition coefficient (Wildman–Crippen LogP) is 1.70. The molecule has 0 radical (unpaired) electrons. The molecule has 1 rings (SSSR count). The van der Waals surface area contributed by atoms with Crippen LogP contribution in [0.3, 0.4) is 0 Å². The lowest BCUT2D eigenvalue weighted by atomic mass is 10.2. The van der Waals surface area contributed by atoms with Crippen LogP contribution < -0.4 is 0 Å². The number of carbonyl (C=O) groups excluding carboxylic acids is 1. The minimum absolute atomic E-state index is 0.467. The third-order valence-corrected chi connectivity index (χ3v) is 1.28. The summed E-state index contributed by atoms with van der Waals surface area (Å²) in [6.45, 7) is 0.945. The molecule has 0 saturated carbocycles. The lowest BCUT2D eigenvalue weighted by Gasteiger charge is -1.99. The minimum atomic E-state index is -1.54. The van der Waals surface area contributed by atoms with E-state index in [1.165, 1.54) is 0 Å². The predicted molar refractivity (Wildman–Crippen MR) is 34.1 cm³/mol. The highest BCUT2D eigenvalue weighted by atomic mass is 19.2. The Morgan fingerprint density at radius 2 is 2.00 bits per heavy atom. The molecule has 0 bridgehead atoms. The van der Waals surface area contributed by atoms with E-state index < -0.39 is 28.9 Å². The fourth-order valence-electron chi connectivity index (χ4n) is 0.765. The Kier molecular flexibility index (Phi) is 2.12. The molecule has 0 aliphatic carbocycles. The molecular weight excluding hydrogens is 171 g/mol. The van der Waals surface area contributed by atoms with Gasteiger partial charge in [0.25, 0.3) is 0 Å². The van der Waals surface area contributed by atoms with Crippen molar-refractivity contribution in [2.45, 2.75) is 6.92 Å². The van der Waals surface area contributed by atoms with Crippen molar-refractivity contribution in [1.82, 2.24) is 4.98 Å². The Morgan fingerprint density at radius 1 is 1.42 bits per heavy atom. The minimum Gasteiger partial charge on any atom is -0.294 e. The molecule has 0 spiro atoms. The quantitative estimate of drug-likeness (QED) is 0.480. The summed E-state index contributed by atoms with van der Waals surface area (Å²) in [5.41, 5.74) is -0.887. The van der Waals surface area contributed by atoms with E-state index in [1.54, 1.807) is 0 Å². The maximum Gasteiger partial charge on any atom is 0.249 e. The van der Waals surface area contributed by atoms with E-state index in [9.17, 15) is 18.0 Å². The Balaban J connectivity index is 3.43. The standard InChI is InChI=1S/C7H4F3NO/c1-3(12)5-4(8)2-11-7(10)6(5)9/h2H,1H3. The van der Waals surface area contributed by atoms with Gasteiger partial charge in [-0.25, -0.2) is 13.8 Å². The van der Waals surface area contributed by atoms with Crippen molar-refractivity contribution in [2.75, 3.05) is 0 Å². The molecule has 12 heavy (non-hydrogen) atoms. The van der Waals surface area contributed by atoms with E-state index >= 15 is 0 Å². The van der Waals surface area contributed by atoms with Gasteiger partial charge in [-0.05, 0) is 6.92 Å². The highest BCUT2D eigenvalue weighted by molar-refractivity contribution is 5.94. The number of carbonyl (C=O) groups is 1. The summed E-state index contributed by atoms with van der Waals surface area (Å²) in [4.78, 5) is 13.3. The summed E-state index contributed by atoms with van der Waals surface area (Å²) in [6, 6.07) is 0. The smallest absolute Gasteiger partial charge is 0.249 e. The zero-order chi connectivity index (χ0) is 9.30. The van der Waals surface area contributed by atoms with Crippen molar-refractivity contribution in [3.63, 3.8) is 0 Å². The summed E-state index contributed by atoms with van der Waals surface area (Å²) in [5, 5.41) is 0. The monoisotopic (exact) mass is 175 g/mol. The molecule has 0 atom stereocenters.